The second-order valence-corrected chi connectivity index (χ2v) is 4.15. The quantitative estimate of drug-likeness (QED) is 0.545. The summed E-state index contributed by atoms with van der Waals surface area (Å²) in [6.07, 6.45) is 2.12. The average molecular weight is 242 g/mol. The number of hydrogen-bond donors (Lipinski definition) is 1. The van der Waals surface area contributed by atoms with Gasteiger partial charge < -0.3 is 5.11 Å². The lowest BCUT2D eigenvalue weighted by Gasteiger charge is -1.99. The van der Waals surface area contributed by atoms with Gasteiger partial charge in [-0.05, 0) is 48.2 Å². The number of thioether (sulfide) groups is 2. The summed E-state index contributed by atoms with van der Waals surface area (Å²) in [6, 6.07) is 0. The molecule has 0 radical (unpaired) electrons. The van der Waals surface area contributed by atoms with Crippen LogP contribution >= 0.6 is 23.5 Å². The Balaban J connectivity index is 3.83. The predicted molar refractivity (Wildman–Crippen MR) is 60.6 cm³/mol. The van der Waals surface area contributed by atoms with E-state index in [4.69, 9.17) is 15.6 Å². The minimum absolute atomic E-state index is 0.149. The van der Waals surface area contributed by atoms with Crippen molar-refractivity contribution >= 4 is 29.5 Å². The molecule has 0 aliphatic heterocycles. The van der Waals surface area contributed by atoms with Gasteiger partial charge in [-0.25, -0.2) is 0 Å². The van der Waals surface area contributed by atoms with Gasteiger partial charge >= 0.3 is 5.97 Å². The average Bonchev–Trinajstić information content (AvgIpc) is 2.20. The van der Waals surface area contributed by atoms with Crippen LogP contribution in [0.3, 0.4) is 0 Å². The fourth-order valence-corrected chi connectivity index (χ4v) is 1.86. The fraction of sp³-hybridized carbons (Fsp3) is 0.444. The molecule has 0 bridgehead atoms. The third-order valence-corrected chi connectivity index (χ3v) is 2.82. The molecule has 4 nitrogen and oxygen atoms in total. The van der Waals surface area contributed by atoms with Gasteiger partial charge in [0.1, 0.15) is 10.8 Å². The number of nitrogens with zero attached hydrogens (tertiary/aromatic N) is 2. The molecular formula is C9H10N2O2S2. The topological polar surface area (TPSA) is 84.9 Å². The van der Waals surface area contributed by atoms with Crippen molar-refractivity contribution in [3.8, 4) is 10.8 Å². The molecule has 0 fully saturated rings. The molecule has 0 amide bonds. The SMILES string of the molecule is N#CS/C=C(\CCCCC(=O)O)SC#N. The molecule has 0 saturated heterocycles. The molecule has 0 heterocycles. The highest BCUT2D eigenvalue weighted by atomic mass is 32.2. The lowest BCUT2D eigenvalue weighted by Crippen LogP contribution is -1.93. The molecule has 80 valence electrons. The molecule has 0 aromatic carbocycles. The first-order valence-electron chi connectivity index (χ1n) is 4.22. The van der Waals surface area contributed by atoms with Crippen LogP contribution in [0.5, 0.6) is 0 Å². The number of aliphatic carboxylic acids is 1. The zero-order chi connectivity index (χ0) is 11.5. The number of carboxylic acid groups (broad SMARTS) is 1. The zero-order valence-corrected chi connectivity index (χ0v) is 9.61. The maximum atomic E-state index is 10.2. The first kappa shape index (κ1) is 13.9. The van der Waals surface area contributed by atoms with E-state index >= 15 is 0 Å². The van der Waals surface area contributed by atoms with E-state index in [-0.39, 0.29) is 6.42 Å². The van der Waals surface area contributed by atoms with Crippen molar-refractivity contribution in [1.29, 1.82) is 10.5 Å². The summed E-state index contributed by atoms with van der Waals surface area (Å²) in [5, 5.41) is 30.7. The first-order valence-corrected chi connectivity index (χ1v) is 5.91. The number of hydrogen-bond acceptors (Lipinski definition) is 5. The Hall–Kier alpha value is -1.11. The van der Waals surface area contributed by atoms with Crippen LogP contribution in [0.4, 0.5) is 0 Å². The predicted octanol–water partition coefficient (Wildman–Crippen LogP) is 2.90. The van der Waals surface area contributed by atoms with Gasteiger partial charge in [0, 0.05) is 11.3 Å². The van der Waals surface area contributed by atoms with Gasteiger partial charge in [-0.1, -0.05) is 0 Å². The number of unbranched alkanes of at least 4 members (excludes halogenated alkanes) is 1. The van der Waals surface area contributed by atoms with Gasteiger partial charge in [0.2, 0.25) is 0 Å². The number of carboxylic acids is 1. The van der Waals surface area contributed by atoms with Crippen LogP contribution in [0.2, 0.25) is 0 Å². The number of nitriles is 2. The second-order valence-electron chi connectivity index (χ2n) is 2.59. The molecule has 0 saturated carbocycles. The first-order chi connectivity index (χ1) is 7.20. The second kappa shape index (κ2) is 9.45. The Labute approximate surface area is 97.0 Å². The van der Waals surface area contributed by atoms with Crippen LogP contribution in [0.1, 0.15) is 25.7 Å². The molecule has 15 heavy (non-hydrogen) atoms. The van der Waals surface area contributed by atoms with Crippen molar-refractivity contribution in [3.63, 3.8) is 0 Å². The Morgan fingerprint density at radius 1 is 1.27 bits per heavy atom. The van der Waals surface area contributed by atoms with Gasteiger partial charge in [-0.15, -0.1) is 0 Å². The molecule has 0 atom stereocenters. The molecule has 1 N–H and O–H groups in total. The summed E-state index contributed by atoms with van der Waals surface area (Å²) >= 11 is 2.00. The number of rotatable bonds is 7. The molecule has 0 rings (SSSR count). The van der Waals surface area contributed by atoms with Gasteiger partial charge in [0.25, 0.3) is 0 Å². The van der Waals surface area contributed by atoms with Crippen LogP contribution in [0.25, 0.3) is 0 Å². The van der Waals surface area contributed by atoms with E-state index in [9.17, 15) is 4.79 Å². The Bertz CT molecular complexity index is 315. The highest BCUT2D eigenvalue weighted by Gasteiger charge is 2.01. The van der Waals surface area contributed by atoms with Crippen molar-refractivity contribution < 1.29 is 9.90 Å². The molecular weight excluding hydrogens is 232 g/mol. The maximum absolute atomic E-state index is 10.2. The summed E-state index contributed by atoms with van der Waals surface area (Å²) in [4.78, 5) is 11.0. The maximum Gasteiger partial charge on any atom is 0.303 e. The fourth-order valence-electron chi connectivity index (χ4n) is 0.860. The van der Waals surface area contributed by atoms with E-state index in [1.54, 1.807) is 5.41 Å². The molecule has 0 aliphatic carbocycles. The molecule has 6 heteroatoms. The third-order valence-electron chi connectivity index (χ3n) is 1.48. The van der Waals surface area contributed by atoms with Crippen LogP contribution in [-0.4, -0.2) is 11.1 Å². The highest BCUT2D eigenvalue weighted by Crippen LogP contribution is 2.23. The minimum atomic E-state index is -0.806. The summed E-state index contributed by atoms with van der Waals surface area (Å²) < 4.78 is 0. The molecule has 0 aromatic heterocycles. The zero-order valence-electron chi connectivity index (χ0n) is 7.97. The van der Waals surface area contributed by atoms with Gasteiger partial charge in [0.05, 0.1) is 0 Å². The minimum Gasteiger partial charge on any atom is -0.481 e. The normalized spacial score (nSPS) is 10.4. The third kappa shape index (κ3) is 9.20. The van der Waals surface area contributed by atoms with Crippen LogP contribution in [-0.2, 0) is 4.79 Å². The molecule has 0 aromatic rings. The van der Waals surface area contributed by atoms with E-state index in [1.807, 2.05) is 10.8 Å². The Morgan fingerprint density at radius 2 is 1.93 bits per heavy atom. The van der Waals surface area contributed by atoms with Crippen molar-refractivity contribution in [2.45, 2.75) is 25.7 Å². The van der Waals surface area contributed by atoms with Crippen molar-refractivity contribution in [2.24, 2.45) is 0 Å². The highest BCUT2D eigenvalue weighted by molar-refractivity contribution is 8.10. The summed E-state index contributed by atoms with van der Waals surface area (Å²) in [5.74, 6) is -0.806. The number of carbonyl (C=O) groups is 1. The monoisotopic (exact) mass is 242 g/mol. The summed E-state index contributed by atoms with van der Waals surface area (Å²) in [6.45, 7) is 0. The number of thiocyanates is 2. The van der Waals surface area contributed by atoms with Crippen LogP contribution in [0.15, 0.2) is 10.3 Å². The smallest absolute Gasteiger partial charge is 0.303 e. The van der Waals surface area contributed by atoms with E-state index in [2.05, 4.69) is 0 Å². The van der Waals surface area contributed by atoms with E-state index < -0.39 is 5.97 Å². The van der Waals surface area contributed by atoms with E-state index in [0.717, 1.165) is 34.8 Å². The molecule has 0 unspecified atom stereocenters. The van der Waals surface area contributed by atoms with Crippen molar-refractivity contribution in [3.05, 3.63) is 10.3 Å². The summed E-state index contributed by atoms with van der Waals surface area (Å²) in [5.41, 5.74) is 0. The largest absolute Gasteiger partial charge is 0.481 e. The molecule has 0 spiro atoms. The lowest BCUT2D eigenvalue weighted by molar-refractivity contribution is -0.137. The molecule has 0 aliphatic rings. The van der Waals surface area contributed by atoms with Crippen LogP contribution < -0.4 is 0 Å². The van der Waals surface area contributed by atoms with Crippen molar-refractivity contribution in [1.82, 2.24) is 0 Å². The standard InChI is InChI=1S/C9H10N2O2S2/c10-6-14-5-8(15-7-11)3-1-2-4-9(12)13/h5H,1-4H2,(H,12,13)/b8-5+. The summed E-state index contributed by atoms with van der Waals surface area (Å²) in [7, 11) is 0. The van der Waals surface area contributed by atoms with Crippen molar-refractivity contribution in [2.75, 3.05) is 0 Å². The van der Waals surface area contributed by atoms with Crippen LogP contribution in [0, 0.1) is 21.3 Å². The Morgan fingerprint density at radius 3 is 2.47 bits per heavy atom. The van der Waals surface area contributed by atoms with E-state index in [1.165, 1.54) is 0 Å². The number of allylic oxidation sites excluding steroid dienone is 1. The van der Waals surface area contributed by atoms with E-state index in [0.29, 0.717) is 12.8 Å². The van der Waals surface area contributed by atoms with Gasteiger partial charge in [-0.2, -0.15) is 10.5 Å². The van der Waals surface area contributed by atoms with Gasteiger partial charge in [-0.3, -0.25) is 4.79 Å². The van der Waals surface area contributed by atoms with Gasteiger partial charge in [0.15, 0.2) is 0 Å². The Kier molecular flexibility index (Phi) is 8.75. The lowest BCUT2D eigenvalue weighted by atomic mass is 10.2.